The first-order valence-electron chi connectivity index (χ1n) is 7.85. The summed E-state index contributed by atoms with van der Waals surface area (Å²) in [5.74, 6) is -1.16. The lowest BCUT2D eigenvalue weighted by Gasteiger charge is -2.07. The number of nitrogens with one attached hydrogen (secondary N) is 2. The van der Waals surface area contributed by atoms with Gasteiger partial charge in [-0.3, -0.25) is 14.9 Å². The van der Waals surface area contributed by atoms with Crippen molar-refractivity contribution in [2.75, 3.05) is 11.9 Å². The van der Waals surface area contributed by atoms with Crippen molar-refractivity contribution in [3.05, 3.63) is 69.9 Å². The smallest absolute Gasteiger partial charge is 0.356 e. The Morgan fingerprint density at radius 3 is 2.69 bits per heavy atom. The predicted molar refractivity (Wildman–Crippen MR) is 95.3 cm³/mol. The zero-order valence-corrected chi connectivity index (χ0v) is 13.8. The van der Waals surface area contributed by atoms with Gasteiger partial charge in [-0.15, -0.1) is 0 Å². The minimum absolute atomic E-state index is 0.110. The number of carbonyl (C=O) groups is 2. The van der Waals surface area contributed by atoms with Crippen molar-refractivity contribution < 1.29 is 19.2 Å². The van der Waals surface area contributed by atoms with E-state index in [9.17, 15) is 19.7 Å². The van der Waals surface area contributed by atoms with E-state index in [-0.39, 0.29) is 29.2 Å². The maximum atomic E-state index is 12.6. The number of esters is 1. The van der Waals surface area contributed by atoms with Gasteiger partial charge in [0.2, 0.25) is 0 Å². The third kappa shape index (κ3) is 3.25. The summed E-state index contributed by atoms with van der Waals surface area (Å²) in [6.07, 6.45) is 0. The van der Waals surface area contributed by atoms with Crippen LogP contribution in [-0.4, -0.2) is 28.4 Å². The number of hydrogen-bond acceptors (Lipinski definition) is 5. The number of non-ortho nitro benzene ring substituents is 1. The van der Waals surface area contributed by atoms with Crippen molar-refractivity contribution in [2.24, 2.45) is 0 Å². The fourth-order valence-electron chi connectivity index (χ4n) is 2.57. The van der Waals surface area contributed by atoms with Gasteiger partial charge in [0.25, 0.3) is 11.6 Å². The Hall–Kier alpha value is -3.68. The molecule has 1 amide bonds. The maximum absolute atomic E-state index is 12.6. The molecule has 0 saturated heterocycles. The van der Waals surface area contributed by atoms with Crippen LogP contribution in [-0.2, 0) is 4.74 Å². The van der Waals surface area contributed by atoms with Crippen LogP contribution in [0.15, 0.2) is 48.5 Å². The van der Waals surface area contributed by atoms with Crippen LogP contribution in [0.2, 0.25) is 0 Å². The Bertz CT molecular complexity index is 1010. The van der Waals surface area contributed by atoms with Gasteiger partial charge in [0.1, 0.15) is 5.69 Å². The topological polar surface area (TPSA) is 114 Å². The van der Waals surface area contributed by atoms with Gasteiger partial charge in [0.05, 0.1) is 17.2 Å². The molecule has 132 valence electrons. The number of H-pyrrole nitrogens is 1. The molecule has 0 unspecified atom stereocenters. The van der Waals surface area contributed by atoms with Gasteiger partial charge >= 0.3 is 5.97 Å². The van der Waals surface area contributed by atoms with E-state index in [2.05, 4.69) is 10.3 Å². The second-order valence-corrected chi connectivity index (χ2v) is 5.40. The number of carbonyl (C=O) groups excluding carboxylic acids is 2. The molecule has 0 bridgehead atoms. The first-order chi connectivity index (χ1) is 12.5. The molecule has 1 aromatic heterocycles. The van der Waals surface area contributed by atoms with Gasteiger partial charge in [0.15, 0.2) is 0 Å². The summed E-state index contributed by atoms with van der Waals surface area (Å²) in [6, 6.07) is 12.4. The monoisotopic (exact) mass is 353 g/mol. The molecule has 2 aromatic carbocycles. The van der Waals surface area contributed by atoms with Gasteiger partial charge in [-0.05, 0) is 19.1 Å². The molecule has 0 spiro atoms. The number of rotatable bonds is 5. The van der Waals surface area contributed by atoms with Crippen molar-refractivity contribution in [3.8, 4) is 0 Å². The summed E-state index contributed by atoms with van der Waals surface area (Å²) in [7, 11) is 0. The number of ether oxygens (including phenoxy) is 1. The Kier molecular flexibility index (Phi) is 4.66. The molecule has 3 rings (SSSR count). The van der Waals surface area contributed by atoms with Crippen molar-refractivity contribution in [3.63, 3.8) is 0 Å². The average molecular weight is 353 g/mol. The molecule has 0 radical (unpaired) electrons. The SMILES string of the molecule is CCOC(=O)c1[nH]c2ccccc2c1NC(=O)c1cccc([N+](=O)[O-])c1. The van der Waals surface area contributed by atoms with E-state index in [0.29, 0.717) is 10.9 Å². The number of para-hydroxylation sites is 1. The molecule has 8 heteroatoms. The molecule has 3 aromatic rings. The molecule has 8 nitrogen and oxygen atoms in total. The molecule has 0 saturated carbocycles. The average Bonchev–Trinajstić information content (AvgIpc) is 3.01. The van der Waals surface area contributed by atoms with E-state index in [4.69, 9.17) is 4.74 Å². The van der Waals surface area contributed by atoms with Crippen LogP contribution < -0.4 is 5.32 Å². The zero-order chi connectivity index (χ0) is 18.7. The highest BCUT2D eigenvalue weighted by Crippen LogP contribution is 2.29. The number of amides is 1. The lowest BCUT2D eigenvalue weighted by Crippen LogP contribution is -2.15. The molecule has 0 aliphatic heterocycles. The highest BCUT2D eigenvalue weighted by atomic mass is 16.6. The van der Waals surface area contributed by atoms with Crippen LogP contribution in [0.4, 0.5) is 11.4 Å². The highest BCUT2D eigenvalue weighted by Gasteiger charge is 2.21. The molecular weight excluding hydrogens is 338 g/mol. The van der Waals surface area contributed by atoms with E-state index in [1.165, 1.54) is 24.3 Å². The largest absolute Gasteiger partial charge is 0.461 e. The Balaban J connectivity index is 2.01. The van der Waals surface area contributed by atoms with Gasteiger partial charge in [-0.25, -0.2) is 4.79 Å². The molecule has 26 heavy (non-hydrogen) atoms. The van der Waals surface area contributed by atoms with E-state index in [1.807, 2.05) is 0 Å². The number of hydrogen-bond donors (Lipinski definition) is 2. The van der Waals surface area contributed by atoms with E-state index in [1.54, 1.807) is 31.2 Å². The van der Waals surface area contributed by atoms with Crippen LogP contribution in [0.1, 0.15) is 27.8 Å². The maximum Gasteiger partial charge on any atom is 0.356 e. The molecule has 0 aliphatic carbocycles. The number of fused-ring (bicyclic) bond motifs is 1. The molecule has 0 fully saturated rings. The van der Waals surface area contributed by atoms with E-state index in [0.717, 1.165) is 0 Å². The molecular formula is C18H15N3O5. The first-order valence-corrected chi connectivity index (χ1v) is 7.85. The lowest BCUT2D eigenvalue weighted by atomic mass is 10.1. The standard InChI is InChI=1S/C18H15N3O5/c1-2-26-18(23)16-15(13-8-3-4-9-14(13)19-16)20-17(22)11-6-5-7-12(10-11)21(24)25/h3-10,19H,2H2,1H3,(H,20,22). The number of aromatic amines is 1. The van der Waals surface area contributed by atoms with Gasteiger partial charge in [0, 0.05) is 28.6 Å². The summed E-state index contributed by atoms with van der Waals surface area (Å²) in [5, 5.41) is 14.2. The number of nitrogens with zero attached hydrogens (tertiary/aromatic N) is 1. The molecule has 0 atom stereocenters. The fourth-order valence-corrected chi connectivity index (χ4v) is 2.57. The minimum Gasteiger partial charge on any atom is -0.461 e. The number of benzene rings is 2. The second kappa shape index (κ2) is 7.06. The number of anilines is 1. The van der Waals surface area contributed by atoms with Gasteiger partial charge in [-0.2, -0.15) is 0 Å². The zero-order valence-electron chi connectivity index (χ0n) is 13.8. The van der Waals surface area contributed by atoms with Gasteiger partial charge in [-0.1, -0.05) is 24.3 Å². The molecule has 2 N–H and O–H groups in total. The summed E-state index contributed by atoms with van der Waals surface area (Å²) in [5.41, 5.74) is 0.966. The van der Waals surface area contributed by atoms with Crippen LogP contribution >= 0.6 is 0 Å². The molecule has 1 heterocycles. The van der Waals surface area contributed by atoms with Crippen molar-refractivity contribution >= 4 is 34.2 Å². The number of nitro benzene ring substituents is 1. The first kappa shape index (κ1) is 17.2. The Morgan fingerprint density at radius 1 is 1.19 bits per heavy atom. The number of aromatic nitrogens is 1. The van der Waals surface area contributed by atoms with Crippen molar-refractivity contribution in [1.29, 1.82) is 0 Å². The molecule has 0 aliphatic rings. The van der Waals surface area contributed by atoms with Gasteiger partial charge < -0.3 is 15.0 Å². The number of nitro groups is 1. The highest BCUT2D eigenvalue weighted by molar-refractivity contribution is 6.14. The Labute approximate surface area is 147 Å². The summed E-state index contributed by atoms with van der Waals surface area (Å²) in [6.45, 7) is 1.87. The van der Waals surface area contributed by atoms with Crippen LogP contribution in [0.25, 0.3) is 10.9 Å². The summed E-state index contributed by atoms with van der Waals surface area (Å²) >= 11 is 0. The Morgan fingerprint density at radius 2 is 1.96 bits per heavy atom. The van der Waals surface area contributed by atoms with E-state index >= 15 is 0 Å². The quantitative estimate of drug-likeness (QED) is 0.414. The predicted octanol–water partition coefficient (Wildman–Crippen LogP) is 3.51. The van der Waals surface area contributed by atoms with E-state index < -0.39 is 16.8 Å². The van der Waals surface area contributed by atoms with Crippen LogP contribution in [0.3, 0.4) is 0 Å². The minimum atomic E-state index is -0.599. The second-order valence-electron chi connectivity index (χ2n) is 5.40. The van der Waals surface area contributed by atoms with Crippen molar-refractivity contribution in [2.45, 2.75) is 6.92 Å². The lowest BCUT2D eigenvalue weighted by molar-refractivity contribution is -0.384. The van der Waals surface area contributed by atoms with Crippen LogP contribution in [0, 0.1) is 10.1 Å². The fraction of sp³-hybridized carbons (Fsp3) is 0.111. The van der Waals surface area contributed by atoms with Crippen molar-refractivity contribution in [1.82, 2.24) is 4.98 Å². The third-order valence-electron chi connectivity index (χ3n) is 3.74. The summed E-state index contributed by atoms with van der Waals surface area (Å²) < 4.78 is 5.03. The van der Waals surface area contributed by atoms with Crippen LogP contribution in [0.5, 0.6) is 0 Å². The summed E-state index contributed by atoms with van der Waals surface area (Å²) in [4.78, 5) is 38.0. The third-order valence-corrected chi connectivity index (χ3v) is 3.74. The normalized spacial score (nSPS) is 10.5.